The van der Waals surface area contributed by atoms with Gasteiger partial charge < -0.3 is 19.8 Å². The van der Waals surface area contributed by atoms with E-state index in [0.29, 0.717) is 30.3 Å². The molecule has 0 spiro atoms. The molecule has 164 valence electrons. The van der Waals surface area contributed by atoms with Gasteiger partial charge >= 0.3 is 0 Å². The number of nitrogens with one attached hydrogen (secondary N) is 2. The zero-order chi connectivity index (χ0) is 21.6. The van der Waals surface area contributed by atoms with E-state index in [9.17, 15) is 9.18 Å². The Balaban J connectivity index is 1.27. The Morgan fingerprint density at radius 1 is 1.23 bits per heavy atom. The number of rotatable bonds is 8. The van der Waals surface area contributed by atoms with Crippen molar-refractivity contribution in [1.29, 1.82) is 0 Å². The van der Waals surface area contributed by atoms with E-state index in [1.807, 2.05) is 24.3 Å². The van der Waals surface area contributed by atoms with Crippen molar-refractivity contribution in [3.63, 3.8) is 0 Å². The molecule has 1 amide bonds. The van der Waals surface area contributed by atoms with Crippen molar-refractivity contribution < 1.29 is 18.7 Å². The molecule has 1 aromatic heterocycles. The third-order valence-electron chi connectivity index (χ3n) is 5.71. The molecule has 0 bridgehead atoms. The summed E-state index contributed by atoms with van der Waals surface area (Å²) in [5.74, 6) is 0.225. The van der Waals surface area contributed by atoms with Crippen molar-refractivity contribution in [1.82, 2.24) is 15.2 Å². The highest BCUT2D eigenvalue weighted by atomic mass is 19.1. The van der Waals surface area contributed by atoms with E-state index in [1.165, 1.54) is 12.1 Å². The Bertz CT molecular complexity index is 1030. The van der Waals surface area contributed by atoms with E-state index >= 15 is 0 Å². The van der Waals surface area contributed by atoms with Gasteiger partial charge in [0.25, 0.3) is 5.91 Å². The Morgan fingerprint density at radius 2 is 2.06 bits per heavy atom. The fraction of sp³-hybridized carbons (Fsp3) is 0.375. The van der Waals surface area contributed by atoms with Crippen molar-refractivity contribution in [2.45, 2.75) is 25.4 Å². The zero-order valence-corrected chi connectivity index (χ0v) is 17.7. The number of aromatic nitrogens is 1. The van der Waals surface area contributed by atoms with E-state index in [1.54, 1.807) is 12.1 Å². The average molecular weight is 426 g/mol. The van der Waals surface area contributed by atoms with Crippen LogP contribution in [0.1, 0.15) is 28.9 Å². The zero-order valence-electron chi connectivity index (χ0n) is 17.7. The second kappa shape index (κ2) is 9.94. The lowest BCUT2D eigenvalue weighted by molar-refractivity contribution is 0.0392. The monoisotopic (exact) mass is 425 g/mol. The number of hydrogen-bond acceptors (Lipinski definition) is 4. The molecule has 1 fully saturated rings. The Labute approximate surface area is 181 Å². The van der Waals surface area contributed by atoms with Gasteiger partial charge in [-0.25, -0.2) is 4.39 Å². The number of nitrogens with zero attached hydrogens (tertiary/aromatic N) is 1. The molecule has 2 heterocycles. The van der Waals surface area contributed by atoms with Crippen LogP contribution >= 0.6 is 0 Å². The molecule has 1 aliphatic rings. The summed E-state index contributed by atoms with van der Waals surface area (Å²) in [6.07, 6.45) is 2.13. The number of fused-ring (bicyclic) bond motifs is 1. The molecule has 31 heavy (non-hydrogen) atoms. The van der Waals surface area contributed by atoms with Crippen molar-refractivity contribution in [3.05, 3.63) is 65.6 Å². The van der Waals surface area contributed by atoms with E-state index in [4.69, 9.17) is 9.47 Å². The molecule has 1 saturated heterocycles. The fourth-order valence-corrected chi connectivity index (χ4v) is 3.86. The third kappa shape index (κ3) is 5.62. The van der Waals surface area contributed by atoms with Gasteiger partial charge in [-0.3, -0.25) is 9.69 Å². The second-order valence-electron chi connectivity index (χ2n) is 7.92. The molecule has 0 aliphatic carbocycles. The van der Waals surface area contributed by atoms with Crippen LogP contribution in [0, 0.1) is 5.82 Å². The first-order valence-corrected chi connectivity index (χ1v) is 10.6. The average Bonchev–Trinajstić information content (AvgIpc) is 3.21. The van der Waals surface area contributed by atoms with E-state index in [2.05, 4.69) is 22.2 Å². The van der Waals surface area contributed by atoms with Gasteiger partial charge in [-0.1, -0.05) is 12.1 Å². The molecular formula is C24H28FN3O3. The minimum Gasteiger partial charge on any atom is -0.492 e. The molecule has 6 nitrogen and oxygen atoms in total. The SMILES string of the molecule is CN(CCOc1cccc(CNC(=O)c2cc3cc(F)ccc3[nH]2)c1)C1CCOCC1. The number of halogens is 1. The van der Waals surface area contributed by atoms with Gasteiger partial charge in [-0.2, -0.15) is 0 Å². The molecule has 0 saturated carbocycles. The Morgan fingerprint density at radius 3 is 2.90 bits per heavy atom. The number of aromatic amines is 1. The first-order valence-electron chi connectivity index (χ1n) is 10.6. The number of amides is 1. The molecule has 0 unspecified atom stereocenters. The highest BCUT2D eigenvalue weighted by Gasteiger charge is 2.18. The van der Waals surface area contributed by atoms with Crippen molar-refractivity contribution in [2.24, 2.45) is 0 Å². The molecule has 7 heteroatoms. The summed E-state index contributed by atoms with van der Waals surface area (Å²) in [4.78, 5) is 17.8. The number of H-pyrrole nitrogens is 1. The number of benzene rings is 2. The standard InChI is InChI=1S/C24H28FN3O3/c1-28(20-7-10-30-11-8-20)9-12-31-21-4-2-3-17(13-21)16-26-24(29)23-15-18-14-19(25)5-6-22(18)27-23/h2-6,13-15,20,27H,7-12,16H2,1H3,(H,26,29). The van der Waals surface area contributed by atoms with Crippen molar-refractivity contribution in [2.75, 3.05) is 33.4 Å². The van der Waals surface area contributed by atoms with E-state index in [0.717, 1.165) is 49.4 Å². The maximum atomic E-state index is 13.3. The fourth-order valence-electron chi connectivity index (χ4n) is 3.86. The van der Waals surface area contributed by atoms with Crippen LogP contribution < -0.4 is 10.1 Å². The normalized spacial score (nSPS) is 14.8. The summed E-state index contributed by atoms with van der Waals surface area (Å²) in [5.41, 5.74) is 2.09. The Hall–Kier alpha value is -2.90. The molecular weight excluding hydrogens is 397 g/mol. The predicted octanol–water partition coefficient (Wildman–Crippen LogP) is 3.73. The summed E-state index contributed by atoms with van der Waals surface area (Å²) in [6, 6.07) is 14.3. The van der Waals surface area contributed by atoms with E-state index in [-0.39, 0.29) is 11.7 Å². The molecule has 2 aromatic carbocycles. The van der Waals surface area contributed by atoms with Crippen LogP contribution in [0.4, 0.5) is 4.39 Å². The first kappa shape index (κ1) is 21.3. The largest absolute Gasteiger partial charge is 0.492 e. The smallest absolute Gasteiger partial charge is 0.267 e. The lowest BCUT2D eigenvalue weighted by Crippen LogP contribution is -2.38. The van der Waals surface area contributed by atoms with Crippen LogP contribution in [0.5, 0.6) is 5.75 Å². The lowest BCUT2D eigenvalue weighted by atomic mass is 10.1. The molecule has 2 N–H and O–H groups in total. The van der Waals surface area contributed by atoms with Crippen LogP contribution in [-0.4, -0.2) is 55.2 Å². The van der Waals surface area contributed by atoms with Crippen LogP contribution in [0.2, 0.25) is 0 Å². The van der Waals surface area contributed by atoms with Crippen molar-refractivity contribution in [3.8, 4) is 5.75 Å². The quantitative estimate of drug-likeness (QED) is 0.577. The number of carbonyl (C=O) groups excluding carboxylic acids is 1. The van der Waals surface area contributed by atoms with E-state index < -0.39 is 0 Å². The Kier molecular flexibility index (Phi) is 6.84. The minimum atomic E-state index is -0.325. The number of hydrogen-bond donors (Lipinski definition) is 2. The summed E-state index contributed by atoms with van der Waals surface area (Å²) in [5, 5.41) is 3.57. The number of ether oxygens (including phenoxy) is 2. The van der Waals surface area contributed by atoms with Crippen LogP contribution in [0.25, 0.3) is 10.9 Å². The van der Waals surface area contributed by atoms with Gasteiger partial charge in [0.1, 0.15) is 23.9 Å². The first-order chi connectivity index (χ1) is 15.1. The maximum absolute atomic E-state index is 13.3. The van der Waals surface area contributed by atoms with Gasteiger partial charge in [0, 0.05) is 43.2 Å². The summed E-state index contributed by atoms with van der Waals surface area (Å²) < 4.78 is 24.7. The molecule has 3 aromatic rings. The van der Waals surface area contributed by atoms with Crippen molar-refractivity contribution >= 4 is 16.8 Å². The molecule has 0 atom stereocenters. The topological polar surface area (TPSA) is 66.6 Å². The summed E-state index contributed by atoms with van der Waals surface area (Å²) in [6.45, 7) is 3.50. The van der Waals surface area contributed by atoms with Gasteiger partial charge in [-0.15, -0.1) is 0 Å². The molecule has 4 rings (SSSR count). The third-order valence-corrected chi connectivity index (χ3v) is 5.71. The maximum Gasteiger partial charge on any atom is 0.267 e. The van der Waals surface area contributed by atoms with Gasteiger partial charge in [-0.05, 0) is 61.9 Å². The lowest BCUT2D eigenvalue weighted by Gasteiger charge is -2.31. The highest BCUT2D eigenvalue weighted by molar-refractivity contribution is 5.97. The van der Waals surface area contributed by atoms with Gasteiger partial charge in [0.2, 0.25) is 0 Å². The molecule has 1 aliphatic heterocycles. The summed E-state index contributed by atoms with van der Waals surface area (Å²) in [7, 11) is 2.13. The number of carbonyl (C=O) groups is 1. The van der Waals surface area contributed by atoms with Crippen LogP contribution in [-0.2, 0) is 11.3 Å². The van der Waals surface area contributed by atoms with Gasteiger partial charge in [0.15, 0.2) is 0 Å². The number of likely N-dealkylation sites (N-methyl/N-ethyl adjacent to an activating group) is 1. The highest BCUT2D eigenvalue weighted by Crippen LogP contribution is 2.18. The van der Waals surface area contributed by atoms with Gasteiger partial charge in [0.05, 0.1) is 0 Å². The van der Waals surface area contributed by atoms with Crippen LogP contribution in [0.3, 0.4) is 0 Å². The van der Waals surface area contributed by atoms with Crippen LogP contribution in [0.15, 0.2) is 48.5 Å². The predicted molar refractivity (Wildman–Crippen MR) is 118 cm³/mol. The second-order valence-corrected chi connectivity index (χ2v) is 7.92. The molecule has 0 radical (unpaired) electrons. The minimum absolute atomic E-state index is 0.235. The summed E-state index contributed by atoms with van der Waals surface area (Å²) >= 11 is 0.